The van der Waals surface area contributed by atoms with Crippen molar-refractivity contribution in [2.45, 2.75) is 19.9 Å². The van der Waals surface area contributed by atoms with Crippen LogP contribution in [0.15, 0.2) is 12.4 Å². The van der Waals surface area contributed by atoms with Crippen LogP contribution in [0.5, 0.6) is 0 Å². The minimum atomic E-state index is -0.367. The molecule has 4 heteroatoms. The van der Waals surface area contributed by atoms with Crippen molar-refractivity contribution in [3.05, 3.63) is 18.0 Å². The highest BCUT2D eigenvalue weighted by atomic mass is 16.1. The van der Waals surface area contributed by atoms with Gasteiger partial charge in [-0.25, -0.2) is 0 Å². The lowest BCUT2D eigenvalue weighted by Gasteiger charge is -2.05. The van der Waals surface area contributed by atoms with Crippen molar-refractivity contribution in [3.63, 3.8) is 0 Å². The molecule has 0 radical (unpaired) electrons. The zero-order valence-electron chi connectivity index (χ0n) is 6.61. The van der Waals surface area contributed by atoms with E-state index in [2.05, 4.69) is 5.10 Å². The Kier molecular flexibility index (Phi) is 1.94. The normalized spacial score (nSPS) is 12.9. The second kappa shape index (κ2) is 2.74. The van der Waals surface area contributed by atoms with Crippen molar-refractivity contribution in [1.29, 1.82) is 0 Å². The first kappa shape index (κ1) is 7.78. The molecule has 1 heterocycles. The number of nitrogens with two attached hydrogens (primary N) is 1. The highest BCUT2D eigenvalue weighted by Gasteiger charge is 2.10. The first-order chi connectivity index (χ1) is 5.11. The van der Waals surface area contributed by atoms with E-state index in [-0.39, 0.29) is 11.9 Å². The molecule has 0 aromatic carbocycles. The van der Waals surface area contributed by atoms with Gasteiger partial charge in [0.1, 0.15) is 6.04 Å². The molecule has 2 N–H and O–H groups in total. The maximum Gasteiger partial charge on any atom is 0.241 e. The fourth-order valence-corrected chi connectivity index (χ4v) is 0.775. The van der Waals surface area contributed by atoms with Crippen LogP contribution in [0.25, 0.3) is 0 Å². The third-order valence-electron chi connectivity index (χ3n) is 1.54. The Labute approximate surface area is 65.0 Å². The van der Waals surface area contributed by atoms with Gasteiger partial charge in [0.05, 0.1) is 6.20 Å². The molecule has 0 saturated carbocycles. The quantitative estimate of drug-likeness (QED) is 0.661. The highest BCUT2D eigenvalue weighted by molar-refractivity contribution is 5.77. The molecule has 0 spiro atoms. The van der Waals surface area contributed by atoms with E-state index in [0.29, 0.717) is 0 Å². The third kappa shape index (κ3) is 1.58. The van der Waals surface area contributed by atoms with Crippen molar-refractivity contribution in [2.24, 2.45) is 5.73 Å². The van der Waals surface area contributed by atoms with Gasteiger partial charge in [0.2, 0.25) is 5.91 Å². The van der Waals surface area contributed by atoms with Crippen LogP contribution < -0.4 is 5.73 Å². The molecule has 1 atom stereocenters. The second-order valence-electron chi connectivity index (χ2n) is 2.58. The number of aryl methyl sites for hydroxylation is 1. The lowest BCUT2D eigenvalue weighted by molar-refractivity contribution is -0.120. The summed E-state index contributed by atoms with van der Waals surface area (Å²) in [5, 5.41) is 3.95. The number of carbonyl (C=O) groups excluding carboxylic acids is 1. The molecule has 0 fully saturated rings. The van der Waals surface area contributed by atoms with E-state index in [1.54, 1.807) is 24.0 Å². The molecule has 1 aromatic rings. The zero-order chi connectivity index (χ0) is 8.43. The van der Waals surface area contributed by atoms with E-state index in [1.165, 1.54) is 0 Å². The van der Waals surface area contributed by atoms with Gasteiger partial charge < -0.3 is 5.73 Å². The molecule has 1 rings (SSSR count). The summed E-state index contributed by atoms with van der Waals surface area (Å²) in [6, 6.07) is -0.358. The van der Waals surface area contributed by atoms with Gasteiger partial charge >= 0.3 is 0 Å². The van der Waals surface area contributed by atoms with E-state index >= 15 is 0 Å². The van der Waals surface area contributed by atoms with Gasteiger partial charge in [-0.05, 0) is 19.4 Å². The number of rotatable bonds is 2. The van der Waals surface area contributed by atoms with Gasteiger partial charge in [0.25, 0.3) is 0 Å². The number of hydrogen-bond acceptors (Lipinski definition) is 2. The molecule has 1 aromatic heterocycles. The van der Waals surface area contributed by atoms with Gasteiger partial charge in [-0.3, -0.25) is 9.48 Å². The first-order valence-electron chi connectivity index (χ1n) is 3.41. The van der Waals surface area contributed by atoms with Crippen molar-refractivity contribution in [3.8, 4) is 0 Å². The fraction of sp³-hybridized carbons (Fsp3) is 0.429. The van der Waals surface area contributed by atoms with Crippen LogP contribution in [0.2, 0.25) is 0 Å². The lowest BCUT2D eigenvalue weighted by atomic mass is 10.3. The SMILES string of the molecule is Cc1cnn([C@H](C)C(N)=O)c1. The minimum Gasteiger partial charge on any atom is -0.368 e. The fourth-order valence-electron chi connectivity index (χ4n) is 0.775. The van der Waals surface area contributed by atoms with Crippen LogP contribution in [0, 0.1) is 6.92 Å². The van der Waals surface area contributed by atoms with Crippen LogP contribution in [-0.4, -0.2) is 15.7 Å². The number of aromatic nitrogens is 2. The largest absolute Gasteiger partial charge is 0.368 e. The Morgan fingerprint density at radius 1 is 1.82 bits per heavy atom. The molecule has 1 amide bonds. The van der Waals surface area contributed by atoms with Crippen molar-refractivity contribution in [1.82, 2.24) is 9.78 Å². The highest BCUT2D eigenvalue weighted by Crippen LogP contribution is 2.03. The van der Waals surface area contributed by atoms with E-state index < -0.39 is 0 Å². The first-order valence-corrected chi connectivity index (χ1v) is 3.41. The van der Waals surface area contributed by atoms with E-state index in [1.807, 2.05) is 6.92 Å². The van der Waals surface area contributed by atoms with E-state index in [9.17, 15) is 4.79 Å². The summed E-state index contributed by atoms with van der Waals surface area (Å²) >= 11 is 0. The Hall–Kier alpha value is -1.32. The summed E-state index contributed by atoms with van der Waals surface area (Å²) < 4.78 is 1.55. The molecular weight excluding hydrogens is 142 g/mol. The smallest absolute Gasteiger partial charge is 0.241 e. The third-order valence-corrected chi connectivity index (χ3v) is 1.54. The summed E-state index contributed by atoms with van der Waals surface area (Å²) in [5.41, 5.74) is 6.10. The number of carbonyl (C=O) groups is 1. The van der Waals surface area contributed by atoms with Crippen molar-refractivity contribution < 1.29 is 4.79 Å². The summed E-state index contributed by atoms with van der Waals surface area (Å²) in [5.74, 6) is -0.367. The second-order valence-corrected chi connectivity index (χ2v) is 2.58. The van der Waals surface area contributed by atoms with Crippen molar-refractivity contribution >= 4 is 5.91 Å². The Morgan fingerprint density at radius 3 is 2.82 bits per heavy atom. The van der Waals surface area contributed by atoms with Gasteiger partial charge in [0.15, 0.2) is 0 Å². The lowest BCUT2D eigenvalue weighted by Crippen LogP contribution is -2.24. The monoisotopic (exact) mass is 153 g/mol. The maximum absolute atomic E-state index is 10.7. The summed E-state index contributed by atoms with van der Waals surface area (Å²) in [4.78, 5) is 10.7. The molecular formula is C7H11N3O. The van der Waals surface area contributed by atoms with Crippen LogP contribution in [-0.2, 0) is 4.79 Å². The molecule has 0 aliphatic rings. The van der Waals surface area contributed by atoms with E-state index in [0.717, 1.165) is 5.56 Å². The predicted octanol–water partition coefficient (Wildman–Crippen LogP) is 0.238. The van der Waals surface area contributed by atoms with Crippen molar-refractivity contribution in [2.75, 3.05) is 0 Å². The van der Waals surface area contributed by atoms with Crippen LogP contribution in [0.3, 0.4) is 0 Å². The number of nitrogens with zero attached hydrogens (tertiary/aromatic N) is 2. The zero-order valence-corrected chi connectivity index (χ0v) is 6.61. The molecule has 0 aliphatic heterocycles. The molecule has 11 heavy (non-hydrogen) atoms. The molecule has 4 nitrogen and oxygen atoms in total. The number of primary amides is 1. The topological polar surface area (TPSA) is 60.9 Å². The van der Waals surface area contributed by atoms with Crippen LogP contribution >= 0.6 is 0 Å². The molecule has 0 saturated heterocycles. The minimum absolute atomic E-state index is 0.358. The Balaban J connectivity index is 2.84. The Bertz CT molecular complexity index is 266. The molecule has 60 valence electrons. The van der Waals surface area contributed by atoms with Gasteiger partial charge in [-0.2, -0.15) is 5.10 Å². The maximum atomic E-state index is 10.7. The summed E-state index contributed by atoms with van der Waals surface area (Å²) in [6.07, 6.45) is 3.48. The van der Waals surface area contributed by atoms with Gasteiger partial charge in [-0.1, -0.05) is 0 Å². The van der Waals surface area contributed by atoms with Gasteiger partial charge in [0, 0.05) is 6.20 Å². The summed E-state index contributed by atoms with van der Waals surface area (Å²) in [7, 11) is 0. The number of hydrogen-bond donors (Lipinski definition) is 1. The van der Waals surface area contributed by atoms with Gasteiger partial charge in [-0.15, -0.1) is 0 Å². The standard InChI is InChI=1S/C7H11N3O/c1-5-3-9-10(4-5)6(2)7(8)11/h3-4,6H,1-2H3,(H2,8,11)/t6-/m1/s1. The molecule has 0 aliphatic carbocycles. The number of amides is 1. The average molecular weight is 153 g/mol. The molecule has 0 unspecified atom stereocenters. The Morgan fingerprint density at radius 2 is 2.45 bits per heavy atom. The average Bonchev–Trinajstić information content (AvgIpc) is 2.34. The predicted molar refractivity (Wildman–Crippen MR) is 40.9 cm³/mol. The summed E-state index contributed by atoms with van der Waals surface area (Å²) in [6.45, 7) is 3.63. The van der Waals surface area contributed by atoms with Crippen LogP contribution in [0.4, 0.5) is 0 Å². The van der Waals surface area contributed by atoms with E-state index in [4.69, 9.17) is 5.73 Å². The molecule has 0 bridgehead atoms. The van der Waals surface area contributed by atoms with Crippen LogP contribution in [0.1, 0.15) is 18.5 Å².